The van der Waals surface area contributed by atoms with Crippen LogP contribution < -0.4 is 0 Å². The monoisotopic (exact) mass is 256 g/mol. The molecule has 0 aliphatic rings. The molecule has 0 saturated carbocycles. The van der Waals surface area contributed by atoms with Crippen LogP contribution in [0.5, 0.6) is 0 Å². The van der Waals surface area contributed by atoms with E-state index in [-0.39, 0.29) is 5.97 Å². The molecule has 0 heterocycles. The largest absolute Gasteiger partial charge is 0.462 e. The van der Waals surface area contributed by atoms with E-state index in [1.54, 1.807) is 12.2 Å². The number of benzene rings is 1. The number of carbonyl (C=O) groups excluding carboxylic acids is 1. The number of hydrogen-bond donors (Lipinski definition) is 0. The molecular formula is C17H20O2. The molecule has 1 aromatic rings. The highest BCUT2D eigenvalue weighted by molar-refractivity contribution is 6.18. The summed E-state index contributed by atoms with van der Waals surface area (Å²) < 4.78 is 5.29. The van der Waals surface area contributed by atoms with Gasteiger partial charge in [-0.2, -0.15) is 0 Å². The summed E-state index contributed by atoms with van der Waals surface area (Å²) >= 11 is 0. The highest BCUT2D eigenvalue weighted by Crippen LogP contribution is 2.22. The maximum atomic E-state index is 12.2. The topological polar surface area (TPSA) is 26.3 Å². The average Bonchev–Trinajstić information content (AvgIpc) is 2.45. The third kappa shape index (κ3) is 4.25. The minimum Gasteiger partial charge on any atom is -0.462 e. The zero-order chi connectivity index (χ0) is 14.1. The lowest BCUT2D eigenvalue weighted by Gasteiger charge is -2.10. The Kier molecular flexibility index (Phi) is 6.37. The van der Waals surface area contributed by atoms with Gasteiger partial charge in [0.1, 0.15) is 0 Å². The molecule has 19 heavy (non-hydrogen) atoms. The van der Waals surface area contributed by atoms with Crippen LogP contribution in [0.15, 0.2) is 61.2 Å². The second kappa shape index (κ2) is 8.09. The van der Waals surface area contributed by atoms with E-state index in [4.69, 9.17) is 4.74 Å². The van der Waals surface area contributed by atoms with E-state index in [1.165, 1.54) is 0 Å². The molecule has 0 saturated heterocycles. The molecule has 0 unspecified atom stereocenters. The Balaban J connectivity index is 3.07. The van der Waals surface area contributed by atoms with Crippen molar-refractivity contribution < 1.29 is 9.53 Å². The van der Waals surface area contributed by atoms with Crippen LogP contribution in [0.3, 0.4) is 0 Å². The van der Waals surface area contributed by atoms with Crippen LogP contribution in [-0.2, 0) is 9.53 Å². The van der Waals surface area contributed by atoms with Crippen LogP contribution in [-0.4, -0.2) is 12.6 Å². The summed E-state index contributed by atoms with van der Waals surface area (Å²) in [6, 6.07) is 9.44. The molecule has 0 radical (unpaired) electrons. The Morgan fingerprint density at radius 3 is 2.37 bits per heavy atom. The highest BCUT2D eigenvalue weighted by atomic mass is 16.5. The molecule has 0 amide bonds. The molecule has 0 aromatic heterocycles. The van der Waals surface area contributed by atoms with E-state index < -0.39 is 0 Å². The van der Waals surface area contributed by atoms with Gasteiger partial charge in [0.05, 0.1) is 12.2 Å². The number of allylic oxidation sites excluding steroid dienone is 3. The van der Waals surface area contributed by atoms with Crippen LogP contribution in [0.25, 0.3) is 5.57 Å². The third-order valence-electron chi connectivity index (χ3n) is 2.73. The van der Waals surface area contributed by atoms with Gasteiger partial charge in [0.15, 0.2) is 0 Å². The van der Waals surface area contributed by atoms with Gasteiger partial charge in [-0.05, 0) is 17.6 Å². The van der Waals surface area contributed by atoms with Crippen molar-refractivity contribution in [3.63, 3.8) is 0 Å². The summed E-state index contributed by atoms with van der Waals surface area (Å²) in [5.74, 6) is -0.325. The fraction of sp³-hybridized carbons (Fsp3) is 0.235. The quantitative estimate of drug-likeness (QED) is 0.317. The van der Waals surface area contributed by atoms with Crippen LogP contribution >= 0.6 is 0 Å². The SMILES string of the molecule is C=CC(C=C)=C(C(=O)OCCCC)c1ccccc1. The summed E-state index contributed by atoms with van der Waals surface area (Å²) in [5.41, 5.74) is 2.02. The fourth-order valence-electron chi connectivity index (χ4n) is 1.68. The van der Waals surface area contributed by atoms with E-state index in [9.17, 15) is 4.79 Å². The molecule has 0 aliphatic heterocycles. The minimum absolute atomic E-state index is 0.325. The van der Waals surface area contributed by atoms with E-state index in [2.05, 4.69) is 20.1 Å². The first-order chi connectivity index (χ1) is 9.24. The number of unbranched alkanes of at least 4 members (excludes halogenated alkanes) is 1. The number of esters is 1. The predicted octanol–water partition coefficient (Wildman–Crippen LogP) is 4.16. The summed E-state index contributed by atoms with van der Waals surface area (Å²) in [5, 5.41) is 0. The van der Waals surface area contributed by atoms with Crippen molar-refractivity contribution in [1.29, 1.82) is 0 Å². The van der Waals surface area contributed by atoms with Gasteiger partial charge >= 0.3 is 5.97 Å². The summed E-state index contributed by atoms with van der Waals surface area (Å²) in [6.07, 6.45) is 5.10. The van der Waals surface area contributed by atoms with E-state index in [1.807, 2.05) is 30.3 Å². The Bertz CT molecular complexity index is 459. The van der Waals surface area contributed by atoms with Gasteiger partial charge in [-0.25, -0.2) is 4.79 Å². The standard InChI is InChI=1S/C17H20O2/c1-4-7-13-19-17(18)16(14(5-2)6-3)15-11-9-8-10-12-15/h5-6,8-12H,2-4,7,13H2,1H3. The van der Waals surface area contributed by atoms with E-state index >= 15 is 0 Å². The summed E-state index contributed by atoms with van der Waals surface area (Å²) in [6.45, 7) is 9.93. The summed E-state index contributed by atoms with van der Waals surface area (Å²) in [7, 11) is 0. The van der Waals surface area contributed by atoms with Crippen molar-refractivity contribution in [3.8, 4) is 0 Å². The molecule has 0 spiro atoms. The average molecular weight is 256 g/mol. The van der Waals surface area contributed by atoms with Gasteiger partial charge < -0.3 is 4.74 Å². The number of rotatable bonds is 7. The van der Waals surface area contributed by atoms with Crippen molar-refractivity contribution in [2.24, 2.45) is 0 Å². The molecule has 0 fully saturated rings. The van der Waals surface area contributed by atoms with Gasteiger partial charge in [0, 0.05) is 0 Å². The molecule has 0 atom stereocenters. The van der Waals surface area contributed by atoms with Crippen molar-refractivity contribution in [3.05, 3.63) is 66.8 Å². The first-order valence-corrected chi connectivity index (χ1v) is 6.46. The van der Waals surface area contributed by atoms with Crippen molar-refractivity contribution in [2.75, 3.05) is 6.61 Å². The minimum atomic E-state index is -0.325. The normalized spacial score (nSPS) is 9.53. The van der Waals surface area contributed by atoms with Crippen LogP contribution in [0, 0.1) is 0 Å². The lowest BCUT2D eigenvalue weighted by Crippen LogP contribution is -2.10. The number of hydrogen-bond acceptors (Lipinski definition) is 2. The predicted molar refractivity (Wildman–Crippen MR) is 79.6 cm³/mol. The first-order valence-electron chi connectivity index (χ1n) is 6.46. The van der Waals surface area contributed by atoms with Gasteiger partial charge in [0.2, 0.25) is 0 Å². The fourth-order valence-corrected chi connectivity index (χ4v) is 1.68. The Hall–Kier alpha value is -2.09. The summed E-state index contributed by atoms with van der Waals surface area (Å²) in [4.78, 5) is 12.2. The molecular weight excluding hydrogens is 236 g/mol. The smallest absolute Gasteiger partial charge is 0.339 e. The molecule has 100 valence electrons. The Labute approximate surface area is 115 Å². The van der Waals surface area contributed by atoms with E-state index in [0.29, 0.717) is 17.8 Å². The van der Waals surface area contributed by atoms with Gasteiger partial charge in [-0.1, -0.05) is 69.0 Å². The number of carbonyl (C=O) groups is 1. The maximum absolute atomic E-state index is 12.2. The Morgan fingerprint density at radius 1 is 1.21 bits per heavy atom. The molecule has 1 rings (SSSR count). The lowest BCUT2D eigenvalue weighted by atomic mass is 10.00. The highest BCUT2D eigenvalue weighted by Gasteiger charge is 2.16. The molecule has 0 N–H and O–H groups in total. The molecule has 2 heteroatoms. The zero-order valence-electron chi connectivity index (χ0n) is 11.4. The molecule has 2 nitrogen and oxygen atoms in total. The maximum Gasteiger partial charge on any atom is 0.339 e. The molecule has 0 aliphatic carbocycles. The van der Waals surface area contributed by atoms with Crippen LogP contribution in [0.4, 0.5) is 0 Å². The van der Waals surface area contributed by atoms with Crippen molar-refractivity contribution in [2.45, 2.75) is 19.8 Å². The second-order valence-corrected chi connectivity index (χ2v) is 4.09. The first kappa shape index (κ1) is 15.0. The van der Waals surface area contributed by atoms with Crippen molar-refractivity contribution in [1.82, 2.24) is 0 Å². The molecule has 1 aromatic carbocycles. The zero-order valence-corrected chi connectivity index (χ0v) is 11.4. The third-order valence-corrected chi connectivity index (χ3v) is 2.73. The van der Waals surface area contributed by atoms with E-state index in [0.717, 1.165) is 18.4 Å². The van der Waals surface area contributed by atoms with Crippen LogP contribution in [0.1, 0.15) is 25.3 Å². The van der Waals surface area contributed by atoms with Crippen LogP contribution in [0.2, 0.25) is 0 Å². The second-order valence-electron chi connectivity index (χ2n) is 4.09. The van der Waals surface area contributed by atoms with Crippen molar-refractivity contribution >= 4 is 11.5 Å². The Morgan fingerprint density at radius 2 is 1.84 bits per heavy atom. The lowest BCUT2D eigenvalue weighted by molar-refractivity contribution is -0.136. The van der Waals surface area contributed by atoms with Gasteiger partial charge in [-0.15, -0.1) is 0 Å². The van der Waals surface area contributed by atoms with Gasteiger partial charge in [0.25, 0.3) is 0 Å². The van der Waals surface area contributed by atoms with Gasteiger partial charge in [-0.3, -0.25) is 0 Å². The number of ether oxygens (including phenoxy) is 1. The molecule has 0 bridgehead atoms.